The SMILES string of the molecule is Cc1cc(C(=O)Nc2cccc(C)c2C(N)=S)co1. The summed E-state index contributed by atoms with van der Waals surface area (Å²) in [5.74, 6) is 0.434. The summed E-state index contributed by atoms with van der Waals surface area (Å²) in [4.78, 5) is 12.3. The van der Waals surface area contributed by atoms with Gasteiger partial charge in [-0.15, -0.1) is 0 Å². The van der Waals surface area contributed by atoms with Gasteiger partial charge in [-0.05, 0) is 31.5 Å². The van der Waals surface area contributed by atoms with Gasteiger partial charge in [0.25, 0.3) is 5.91 Å². The number of nitrogens with one attached hydrogen (secondary N) is 1. The van der Waals surface area contributed by atoms with Crippen LogP contribution in [0.3, 0.4) is 0 Å². The number of carbonyl (C=O) groups is 1. The van der Waals surface area contributed by atoms with E-state index in [1.54, 1.807) is 19.1 Å². The lowest BCUT2D eigenvalue weighted by molar-refractivity contribution is 0.102. The van der Waals surface area contributed by atoms with Crippen molar-refractivity contribution in [2.24, 2.45) is 5.73 Å². The minimum atomic E-state index is -0.250. The van der Waals surface area contributed by atoms with Gasteiger partial charge in [-0.3, -0.25) is 4.79 Å². The molecular formula is C14H14N2O2S. The van der Waals surface area contributed by atoms with E-state index in [2.05, 4.69) is 5.32 Å². The van der Waals surface area contributed by atoms with Crippen LogP contribution in [0.5, 0.6) is 0 Å². The quantitative estimate of drug-likeness (QED) is 0.844. The van der Waals surface area contributed by atoms with Crippen LogP contribution in [0, 0.1) is 13.8 Å². The van der Waals surface area contributed by atoms with Crippen molar-refractivity contribution in [2.75, 3.05) is 5.32 Å². The molecule has 3 N–H and O–H groups in total. The Labute approximate surface area is 116 Å². The highest BCUT2D eigenvalue weighted by molar-refractivity contribution is 7.80. The first-order valence-electron chi connectivity index (χ1n) is 5.75. The molecule has 4 nitrogen and oxygen atoms in total. The summed E-state index contributed by atoms with van der Waals surface area (Å²) >= 11 is 5.02. The van der Waals surface area contributed by atoms with Gasteiger partial charge in [-0.2, -0.15) is 0 Å². The van der Waals surface area contributed by atoms with Crippen molar-refractivity contribution in [3.05, 3.63) is 53.0 Å². The first kappa shape index (κ1) is 13.3. The maximum Gasteiger partial charge on any atom is 0.258 e. The molecule has 2 rings (SSSR count). The van der Waals surface area contributed by atoms with Crippen molar-refractivity contribution in [3.8, 4) is 0 Å². The number of hydrogen-bond donors (Lipinski definition) is 2. The average Bonchev–Trinajstić information content (AvgIpc) is 2.75. The summed E-state index contributed by atoms with van der Waals surface area (Å²) < 4.78 is 5.11. The van der Waals surface area contributed by atoms with Crippen LogP contribution < -0.4 is 11.1 Å². The Kier molecular flexibility index (Phi) is 3.66. The molecule has 0 saturated carbocycles. The maximum absolute atomic E-state index is 12.1. The summed E-state index contributed by atoms with van der Waals surface area (Å²) in [7, 11) is 0. The summed E-state index contributed by atoms with van der Waals surface area (Å²) in [5, 5.41) is 2.80. The predicted octanol–water partition coefficient (Wildman–Crippen LogP) is 2.78. The van der Waals surface area contributed by atoms with Crippen LogP contribution in [0.2, 0.25) is 0 Å². The standard InChI is InChI=1S/C14H14N2O2S/c1-8-4-3-5-11(12(8)13(15)19)16-14(17)10-6-9(2)18-7-10/h3-7H,1-2H3,(H2,15,19)(H,16,17). The van der Waals surface area contributed by atoms with Crippen LogP contribution in [-0.4, -0.2) is 10.9 Å². The zero-order chi connectivity index (χ0) is 14.0. The first-order chi connectivity index (χ1) is 8.99. The van der Waals surface area contributed by atoms with Crippen LogP contribution in [0.25, 0.3) is 0 Å². The number of rotatable bonds is 3. The fraction of sp³-hybridized carbons (Fsp3) is 0.143. The zero-order valence-corrected chi connectivity index (χ0v) is 11.5. The van der Waals surface area contributed by atoms with Gasteiger partial charge in [0.05, 0.1) is 11.3 Å². The number of furan rings is 1. The highest BCUT2D eigenvalue weighted by atomic mass is 32.1. The van der Waals surface area contributed by atoms with E-state index >= 15 is 0 Å². The van der Waals surface area contributed by atoms with Gasteiger partial charge >= 0.3 is 0 Å². The monoisotopic (exact) mass is 274 g/mol. The fourth-order valence-corrected chi connectivity index (χ4v) is 2.13. The normalized spacial score (nSPS) is 10.2. The van der Waals surface area contributed by atoms with Crippen LogP contribution in [0.1, 0.15) is 27.2 Å². The Morgan fingerprint density at radius 1 is 1.37 bits per heavy atom. The third-order valence-corrected chi connectivity index (χ3v) is 2.96. The molecule has 19 heavy (non-hydrogen) atoms. The van der Waals surface area contributed by atoms with Gasteiger partial charge in [-0.1, -0.05) is 24.4 Å². The fourth-order valence-electron chi connectivity index (χ4n) is 1.86. The summed E-state index contributed by atoms with van der Waals surface area (Å²) in [6.45, 7) is 3.68. The topological polar surface area (TPSA) is 68.3 Å². The van der Waals surface area contributed by atoms with Crippen LogP contribution in [0.15, 0.2) is 34.9 Å². The smallest absolute Gasteiger partial charge is 0.258 e. The predicted molar refractivity (Wildman–Crippen MR) is 78.5 cm³/mol. The van der Waals surface area contributed by atoms with E-state index in [1.807, 2.05) is 19.1 Å². The molecule has 0 aliphatic rings. The molecule has 1 amide bonds. The average molecular weight is 274 g/mol. The zero-order valence-electron chi connectivity index (χ0n) is 10.7. The van der Waals surface area contributed by atoms with Crippen LogP contribution in [0.4, 0.5) is 5.69 Å². The molecule has 5 heteroatoms. The molecule has 1 heterocycles. The lowest BCUT2D eigenvalue weighted by atomic mass is 10.1. The van der Waals surface area contributed by atoms with Gasteiger partial charge in [0.2, 0.25) is 0 Å². The summed E-state index contributed by atoms with van der Waals surface area (Å²) in [6, 6.07) is 7.18. The molecule has 1 aromatic carbocycles. The molecule has 0 atom stereocenters. The Balaban J connectivity index is 2.31. The summed E-state index contributed by atoms with van der Waals surface area (Å²) in [6.07, 6.45) is 1.42. The van der Waals surface area contributed by atoms with Gasteiger partial charge in [-0.25, -0.2) is 0 Å². The van der Waals surface area contributed by atoms with Gasteiger partial charge in [0.15, 0.2) is 0 Å². The number of benzene rings is 1. The molecular weight excluding hydrogens is 260 g/mol. The minimum absolute atomic E-state index is 0.250. The van der Waals surface area contributed by atoms with Crippen molar-refractivity contribution >= 4 is 28.8 Å². The second-order valence-electron chi connectivity index (χ2n) is 4.26. The second kappa shape index (κ2) is 5.24. The molecule has 0 bridgehead atoms. The third kappa shape index (κ3) is 2.82. The number of amides is 1. The second-order valence-corrected chi connectivity index (χ2v) is 4.70. The van der Waals surface area contributed by atoms with Gasteiger partial charge < -0.3 is 15.5 Å². The van der Waals surface area contributed by atoms with E-state index in [9.17, 15) is 4.79 Å². The Hall–Kier alpha value is -2.14. The minimum Gasteiger partial charge on any atom is -0.469 e. The van der Waals surface area contributed by atoms with E-state index in [-0.39, 0.29) is 10.9 Å². The Morgan fingerprint density at radius 2 is 2.11 bits per heavy atom. The highest BCUT2D eigenvalue weighted by Gasteiger charge is 2.13. The van der Waals surface area contributed by atoms with Crippen molar-refractivity contribution in [2.45, 2.75) is 13.8 Å². The van der Waals surface area contributed by atoms with Crippen LogP contribution in [-0.2, 0) is 0 Å². The molecule has 0 spiro atoms. The van der Waals surface area contributed by atoms with E-state index in [4.69, 9.17) is 22.4 Å². The van der Waals surface area contributed by atoms with Gasteiger partial charge in [0, 0.05) is 5.56 Å². The molecule has 2 aromatic rings. The lowest BCUT2D eigenvalue weighted by Crippen LogP contribution is -2.18. The lowest BCUT2D eigenvalue weighted by Gasteiger charge is -2.11. The van der Waals surface area contributed by atoms with Gasteiger partial charge in [0.1, 0.15) is 17.0 Å². The molecule has 0 saturated heterocycles. The van der Waals surface area contributed by atoms with Crippen molar-refractivity contribution in [1.29, 1.82) is 0 Å². The van der Waals surface area contributed by atoms with E-state index in [1.165, 1.54) is 6.26 Å². The largest absolute Gasteiger partial charge is 0.469 e. The van der Waals surface area contributed by atoms with E-state index < -0.39 is 0 Å². The molecule has 0 aliphatic heterocycles. The number of thiocarbonyl (C=S) groups is 1. The van der Waals surface area contributed by atoms with Crippen molar-refractivity contribution < 1.29 is 9.21 Å². The number of nitrogens with two attached hydrogens (primary N) is 1. The number of anilines is 1. The van der Waals surface area contributed by atoms with Crippen LogP contribution >= 0.6 is 12.2 Å². The first-order valence-corrected chi connectivity index (χ1v) is 6.16. The van der Waals surface area contributed by atoms with E-state index in [0.29, 0.717) is 22.6 Å². The number of hydrogen-bond acceptors (Lipinski definition) is 3. The Morgan fingerprint density at radius 3 is 2.68 bits per heavy atom. The van der Waals surface area contributed by atoms with Crippen molar-refractivity contribution in [1.82, 2.24) is 0 Å². The molecule has 0 aliphatic carbocycles. The maximum atomic E-state index is 12.1. The third-order valence-electron chi connectivity index (χ3n) is 2.76. The molecule has 0 fully saturated rings. The highest BCUT2D eigenvalue weighted by Crippen LogP contribution is 2.20. The molecule has 98 valence electrons. The molecule has 0 unspecified atom stereocenters. The molecule has 1 aromatic heterocycles. The summed E-state index contributed by atoms with van der Waals surface area (Å²) in [5.41, 5.74) is 8.38. The van der Waals surface area contributed by atoms with E-state index in [0.717, 1.165) is 5.56 Å². The molecule has 0 radical (unpaired) electrons. The van der Waals surface area contributed by atoms with Crippen molar-refractivity contribution in [3.63, 3.8) is 0 Å². The number of carbonyl (C=O) groups excluding carboxylic acids is 1. The Bertz CT molecular complexity index is 647. The number of aryl methyl sites for hydroxylation is 2.